The summed E-state index contributed by atoms with van der Waals surface area (Å²) in [7, 11) is 0. The van der Waals surface area contributed by atoms with Crippen LogP contribution in [0.5, 0.6) is 0 Å². The Morgan fingerprint density at radius 1 is 0.762 bits per heavy atom. The highest BCUT2D eigenvalue weighted by Gasteiger charge is 1.92. The van der Waals surface area contributed by atoms with Gasteiger partial charge in [0.15, 0.2) is 0 Å². The maximum atomic E-state index is 10.3. The molecule has 0 bridgehead atoms. The SMILES string of the molecule is CCCCCCCCCCCC/C=C/C=C/CCC(=O)O. The Hall–Kier alpha value is -1.05. The van der Waals surface area contributed by atoms with Gasteiger partial charge in [-0.15, -0.1) is 0 Å². The number of unbranched alkanes of at least 4 members (excludes halogenated alkanes) is 10. The van der Waals surface area contributed by atoms with Gasteiger partial charge in [0.2, 0.25) is 0 Å². The van der Waals surface area contributed by atoms with Crippen LogP contribution < -0.4 is 0 Å². The number of carbonyl (C=O) groups is 1. The van der Waals surface area contributed by atoms with E-state index in [0.29, 0.717) is 6.42 Å². The van der Waals surface area contributed by atoms with Crippen LogP contribution in [0.2, 0.25) is 0 Å². The van der Waals surface area contributed by atoms with E-state index in [4.69, 9.17) is 5.11 Å². The molecule has 0 unspecified atom stereocenters. The molecule has 2 heteroatoms. The van der Waals surface area contributed by atoms with Crippen LogP contribution in [-0.2, 0) is 4.79 Å². The lowest BCUT2D eigenvalue weighted by atomic mass is 10.1. The summed E-state index contributed by atoms with van der Waals surface area (Å²) in [6, 6.07) is 0. The van der Waals surface area contributed by atoms with E-state index in [1.54, 1.807) is 0 Å². The quantitative estimate of drug-likeness (QED) is 0.285. The molecule has 122 valence electrons. The van der Waals surface area contributed by atoms with E-state index >= 15 is 0 Å². The molecule has 0 aliphatic rings. The Bertz CT molecular complexity index is 279. The molecule has 0 aromatic heterocycles. The van der Waals surface area contributed by atoms with Crippen LogP contribution in [-0.4, -0.2) is 11.1 Å². The van der Waals surface area contributed by atoms with Gasteiger partial charge in [0.1, 0.15) is 0 Å². The zero-order valence-electron chi connectivity index (χ0n) is 13.9. The lowest BCUT2D eigenvalue weighted by Gasteiger charge is -2.01. The molecule has 0 aromatic rings. The monoisotopic (exact) mass is 294 g/mol. The topological polar surface area (TPSA) is 37.3 Å². The number of rotatable bonds is 15. The van der Waals surface area contributed by atoms with Crippen molar-refractivity contribution in [3.63, 3.8) is 0 Å². The van der Waals surface area contributed by atoms with E-state index < -0.39 is 5.97 Å². The second-order valence-electron chi connectivity index (χ2n) is 5.76. The summed E-state index contributed by atoms with van der Waals surface area (Å²) in [6.07, 6.45) is 23.9. The average molecular weight is 294 g/mol. The van der Waals surface area contributed by atoms with Crippen LogP contribution in [0.4, 0.5) is 0 Å². The molecule has 0 atom stereocenters. The zero-order valence-corrected chi connectivity index (χ0v) is 13.9. The molecule has 0 saturated heterocycles. The van der Waals surface area contributed by atoms with Gasteiger partial charge >= 0.3 is 5.97 Å². The summed E-state index contributed by atoms with van der Waals surface area (Å²) in [6.45, 7) is 2.26. The molecule has 0 amide bonds. The van der Waals surface area contributed by atoms with E-state index in [9.17, 15) is 4.79 Å². The average Bonchev–Trinajstić information content (AvgIpc) is 2.46. The van der Waals surface area contributed by atoms with Crippen molar-refractivity contribution in [2.24, 2.45) is 0 Å². The van der Waals surface area contributed by atoms with E-state index in [-0.39, 0.29) is 6.42 Å². The smallest absolute Gasteiger partial charge is 0.303 e. The molecule has 0 aromatic carbocycles. The lowest BCUT2D eigenvalue weighted by molar-refractivity contribution is -0.136. The fraction of sp³-hybridized carbons (Fsp3) is 0.737. The third kappa shape index (κ3) is 18.9. The molecule has 2 nitrogen and oxygen atoms in total. The third-order valence-corrected chi connectivity index (χ3v) is 3.63. The molecule has 0 aliphatic carbocycles. The van der Waals surface area contributed by atoms with Gasteiger partial charge in [-0.3, -0.25) is 4.79 Å². The van der Waals surface area contributed by atoms with Crippen molar-refractivity contribution in [1.29, 1.82) is 0 Å². The Balaban J connectivity index is 3.16. The van der Waals surface area contributed by atoms with Crippen molar-refractivity contribution in [2.75, 3.05) is 0 Å². The lowest BCUT2D eigenvalue weighted by Crippen LogP contribution is -1.91. The van der Waals surface area contributed by atoms with Crippen LogP contribution in [0.15, 0.2) is 24.3 Å². The van der Waals surface area contributed by atoms with Gasteiger partial charge in [0.05, 0.1) is 0 Å². The van der Waals surface area contributed by atoms with Crippen LogP contribution in [0.25, 0.3) is 0 Å². The van der Waals surface area contributed by atoms with Gasteiger partial charge in [-0.05, 0) is 19.3 Å². The van der Waals surface area contributed by atoms with E-state index in [2.05, 4.69) is 13.0 Å². The van der Waals surface area contributed by atoms with Crippen molar-refractivity contribution in [3.8, 4) is 0 Å². The molecular formula is C19H34O2. The number of allylic oxidation sites excluding steroid dienone is 4. The second kappa shape index (κ2) is 17.0. The van der Waals surface area contributed by atoms with Gasteiger partial charge in [-0.1, -0.05) is 89.0 Å². The maximum absolute atomic E-state index is 10.3. The maximum Gasteiger partial charge on any atom is 0.303 e. The molecule has 21 heavy (non-hydrogen) atoms. The van der Waals surface area contributed by atoms with Gasteiger partial charge < -0.3 is 5.11 Å². The second-order valence-corrected chi connectivity index (χ2v) is 5.76. The number of carboxylic acids is 1. The predicted octanol–water partition coefficient (Wildman–Crippen LogP) is 6.27. The minimum Gasteiger partial charge on any atom is -0.481 e. The minimum absolute atomic E-state index is 0.225. The molecule has 0 spiro atoms. The fourth-order valence-corrected chi connectivity index (χ4v) is 2.31. The molecular weight excluding hydrogens is 260 g/mol. The molecule has 0 aliphatic heterocycles. The molecule has 0 heterocycles. The Morgan fingerprint density at radius 3 is 1.76 bits per heavy atom. The molecule has 0 fully saturated rings. The number of carboxylic acid groups (broad SMARTS) is 1. The van der Waals surface area contributed by atoms with Crippen molar-refractivity contribution >= 4 is 5.97 Å². The minimum atomic E-state index is -0.728. The van der Waals surface area contributed by atoms with Crippen molar-refractivity contribution in [1.82, 2.24) is 0 Å². The van der Waals surface area contributed by atoms with Crippen LogP contribution in [0, 0.1) is 0 Å². The van der Waals surface area contributed by atoms with Crippen molar-refractivity contribution < 1.29 is 9.90 Å². The summed E-state index contributed by atoms with van der Waals surface area (Å²) in [5, 5.41) is 8.48. The highest BCUT2D eigenvalue weighted by atomic mass is 16.4. The van der Waals surface area contributed by atoms with Crippen molar-refractivity contribution in [3.05, 3.63) is 24.3 Å². The summed E-state index contributed by atoms with van der Waals surface area (Å²) in [5.41, 5.74) is 0. The Morgan fingerprint density at radius 2 is 1.24 bits per heavy atom. The van der Waals surface area contributed by atoms with Crippen LogP contribution in [0.1, 0.15) is 90.4 Å². The van der Waals surface area contributed by atoms with Crippen LogP contribution in [0.3, 0.4) is 0 Å². The first-order chi connectivity index (χ1) is 10.3. The normalized spacial score (nSPS) is 11.7. The summed E-state index contributed by atoms with van der Waals surface area (Å²) >= 11 is 0. The largest absolute Gasteiger partial charge is 0.481 e. The van der Waals surface area contributed by atoms with Gasteiger partial charge in [0, 0.05) is 6.42 Å². The first kappa shape index (κ1) is 19.9. The molecule has 0 saturated carbocycles. The van der Waals surface area contributed by atoms with E-state index in [1.165, 1.54) is 64.2 Å². The summed E-state index contributed by atoms with van der Waals surface area (Å²) in [4.78, 5) is 10.3. The van der Waals surface area contributed by atoms with E-state index in [1.807, 2.05) is 18.2 Å². The van der Waals surface area contributed by atoms with Gasteiger partial charge in [-0.25, -0.2) is 0 Å². The number of aliphatic carboxylic acids is 1. The Kier molecular flexibility index (Phi) is 16.2. The summed E-state index contributed by atoms with van der Waals surface area (Å²) in [5.74, 6) is -0.728. The van der Waals surface area contributed by atoms with Gasteiger partial charge in [0.25, 0.3) is 0 Å². The van der Waals surface area contributed by atoms with Crippen molar-refractivity contribution in [2.45, 2.75) is 90.4 Å². The fourth-order valence-electron chi connectivity index (χ4n) is 2.31. The highest BCUT2D eigenvalue weighted by Crippen LogP contribution is 2.11. The first-order valence-electron chi connectivity index (χ1n) is 8.80. The highest BCUT2D eigenvalue weighted by molar-refractivity contribution is 5.66. The zero-order chi connectivity index (χ0) is 15.6. The standard InChI is InChI=1S/C19H34O2/c1-2-3-4-5-6-7-8-9-10-11-12-13-14-15-16-17-18-19(20)21/h13-16H,2-12,17-18H2,1H3,(H,20,21)/b14-13+,16-15+. The van der Waals surface area contributed by atoms with E-state index in [0.717, 1.165) is 6.42 Å². The molecule has 0 radical (unpaired) electrons. The van der Waals surface area contributed by atoms with Gasteiger partial charge in [-0.2, -0.15) is 0 Å². The number of hydrogen-bond acceptors (Lipinski definition) is 1. The first-order valence-corrected chi connectivity index (χ1v) is 8.80. The Labute approximate surface area is 131 Å². The predicted molar refractivity (Wildman–Crippen MR) is 91.6 cm³/mol. The number of hydrogen-bond donors (Lipinski definition) is 1. The third-order valence-electron chi connectivity index (χ3n) is 3.63. The summed E-state index contributed by atoms with van der Waals surface area (Å²) < 4.78 is 0. The molecule has 0 rings (SSSR count). The van der Waals surface area contributed by atoms with Crippen LogP contribution >= 0.6 is 0 Å². The molecule has 1 N–H and O–H groups in total.